The molecule has 0 spiro atoms. The van der Waals surface area contributed by atoms with Crippen LogP contribution in [0.15, 0.2) is 42.6 Å². The second-order valence-electron chi connectivity index (χ2n) is 8.25. The molecule has 1 aromatic carbocycles. The van der Waals surface area contributed by atoms with Gasteiger partial charge in [-0.25, -0.2) is 4.98 Å². The molecule has 7 heteroatoms. The van der Waals surface area contributed by atoms with E-state index >= 15 is 0 Å². The maximum atomic E-state index is 12.4. The van der Waals surface area contributed by atoms with Gasteiger partial charge in [-0.05, 0) is 49.9 Å². The summed E-state index contributed by atoms with van der Waals surface area (Å²) in [7, 11) is 2.12. The minimum atomic E-state index is -0.191. The Bertz CT molecular complexity index is 860. The highest BCUT2D eigenvalue weighted by Gasteiger charge is 2.15. The highest BCUT2D eigenvalue weighted by molar-refractivity contribution is 6.00. The van der Waals surface area contributed by atoms with Gasteiger partial charge in [-0.2, -0.15) is 0 Å². The fourth-order valence-corrected chi connectivity index (χ4v) is 3.56. The van der Waals surface area contributed by atoms with Crippen LogP contribution < -0.4 is 15.0 Å². The van der Waals surface area contributed by atoms with Crippen molar-refractivity contribution in [3.05, 3.63) is 48.2 Å². The number of benzene rings is 1. The number of nitrogens with zero attached hydrogens (tertiary/aromatic N) is 3. The molecule has 1 aliphatic rings. The first kappa shape index (κ1) is 23.7. The van der Waals surface area contributed by atoms with Crippen LogP contribution in [-0.2, 0) is 4.79 Å². The molecule has 1 aliphatic heterocycles. The van der Waals surface area contributed by atoms with E-state index in [1.165, 1.54) is 0 Å². The third-order valence-electron chi connectivity index (χ3n) is 5.63. The molecule has 7 nitrogen and oxygen atoms in total. The second kappa shape index (κ2) is 12.2. The molecule has 0 aliphatic carbocycles. The zero-order valence-corrected chi connectivity index (χ0v) is 19.2. The zero-order valence-electron chi connectivity index (χ0n) is 19.2. The largest absolute Gasteiger partial charge is 0.494 e. The lowest BCUT2D eigenvalue weighted by molar-refractivity contribution is -0.116. The van der Waals surface area contributed by atoms with Crippen LogP contribution in [0.25, 0.3) is 0 Å². The molecule has 1 aromatic heterocycles. The van der Waals surface area contributed by atoms with Gasteiger partial charge < -0.3 is 19.9 Å². The third kappa shape index (κ3) is 7.34. The van der Waals surface area contributed by atoms with Gasteiger partial charge >= 0.3 is 0 Å². The van der Waals surface area contributed by atoms with Crippen molar-refractivity contribution in [3.63, 3.8) is 0 Å². The molecular weight excluding hydrogens is 404 g/mol. The van der Waals surface area contributed by atoms with Crippen molar-refractivity contribution in [1.29, 1.82) is 0 Å². The molecule has 1 fully saturated rings. The Morgan fingerprint density at radius 2 is 1.75 bits per heavy atom. The predicted molar refractivity (Wildman–Crippen MR) is 128 cm³/mol. The van der Waals surface area contributed by atoms with E-state index in [0.717, 1.165) is 57.0 Å². The first-order valence-electron chi connectivity index (χ1n) is 11.5. The van der Waals surface area contributed by atoms with E-state index in [4.69, 9.17) is 4.74 Å². The number of carbonyl (C=O) groups is 2. The Balaban J connectivity index is 1.41. The van der Waals surface area contributed by atoms with Gasteiger partial charge in [-0.3, -0.25) is 9.59 Å². The summed E-state index contributed by atoms with van der Waals surface area (Å²) in [5.74, 6) is 1.44. The van der Waals surface area contributed by atoms with E-state index in [9.17, 15) is 9.59 Å². The van der Waals surface area contributed by atoms with E-state index in [2.05, 4.69) is 34.1 Å². The molecule has 0 saturated carbocycles. The summed E-state index contributed by atoms with van der Waals surface area (Å²) in [5, 5.41) is 2.83. The number of unbranched alkanes of at least 4 members (excludes halogenated alkanes) is 2. The highest BCUT2D eigenvalue weighted by Crippen LogP contribution is 2.17. The molecule has 3 rings (SSSR count). The van der Waals surface area contributed by atoms with E-state index < -0.39 is 0 Å². The quantitative estimate of drug-likeness (QED) is 0.422. The number of Topliss-reactive ketones (excluding diaryl/α,β-unsaturated/α-hetero) is 1. The molecule has 0 bridgehead atoms. The smallest absolute Gasteiger partial charge is 0.224 e. The Kier molecular flexibility index (Phi) is 9.04. The average molecular weight is 439 g/mol. The minimum absolute atomic E-state index is 0.0544. The maximum absolute atomic E-state index is 12.4. The number of anilines is 2. The minimum Gasteiger partial charge on any atom is -0.494 e. The molecule has 0 atom stereocenters. The van der Waals surface area contributed by atoms with Gasteiger partial charge in [0.15, 0.2) is 5.78 Å². The van der Waals surface area contributed by atoms with Crippen LogP contribution in [0, 0.1) is 0 Å². The first-order chi connectivity index (χ1) is 15.5. The summed E-state index contributed by atoms with van der Waals surface area (Å²) in [4.78, 5) is 33.7. The average Bonchev–Trinajstić information content (AvgIpc) is 2.82. The van der Waals surface area contributed by atoms with Crippen molar-refractivity contribution in [3.8, 4) is 5.75 Å². The van der Waals surface area contributed by atoms with Gasteiger partial charge in [0.25, 0.3) is 0 Å². The monoisotopic (exact) mass is 438 g/mol. The number of hydrogen-bond donors (Lipinski definition) is 1. The molecule has 1 N–H and O–H groups in total. The zero-order chi connectivity index (χ0) is 22.8. The van der Waals surface area contributed by atoms with Crippen LogP contribution in [0.1, 0.15) is 49.4 Å². The number of rotatable bonds is 11. The number of piperazine rings is 1. The van der Waals surface area contributed by atoms with Crippen LogP contribution in [0.2, 0.25) is 0 Å². The van der Waals surface area contributed by atoms with Gasteiger partial charge in [0.05, 0.1) is 18.5 Å². The van der Waals surface area contributed by atoms with Crippen LogP contribution in [0.4, 0.5) is 11.5 Å². The van der Waals surface area contributed by atoms with Crippen molar-refractivity contribution in [2.45, 2.75) is 39.0 Å². The first-order valence-corrected chi connectivity index (χ1v) is 11.5. The van der Waals surface area contributed by atoms with Gasteiger partial charge in [0, 0.05) is 44.6 Å². The molecule has 1 saturated heterocycles. The van der Waals surface area contributed by atoms with Gasteiger partial charge in [-0.1, -0.05) is 19.8 Å². The van der Waals surface area contributed by atoms with Crippen molar-refractivity contribution < 1.29 is 14.3 Å². The van der Waals surface area contributed by atoms with E-state index in [1.807, 2.05) is 24.3 Å². The van der Waals surface area contributed by atoms with Gasteiger partial charge in [0.2, 0.25) is 5.91 Å². The van der Waals surface area contributed by atoms with Crippen LogP contribution in [-0.4, -0.2) is 61.4 Å². The molecule has 2 aromatic rings. The third-order valence-corrected chi connectivity index (χ3v) is 5.63. The molecule has 1 amide bonds. The van der Waals surface area contributed by atoms with Crippen molar-refractivity contribution >= 4 is 23.2 Å². The lowest BCUT2D eigenvalue weighted by atomic mass is 10.1. The number of hydrogen-bond acceptors (Lipinski definition) is 6. The summed E-state index contributed by atoms with van der Waals surface area (Å²) in [6, 6.07) is 10.9. The molecule has 32 heavy (non-hydrogen) atoms. The van der Waals surface area contributed by atoms with Crippen molar-refractivity contribution in [1.82, 2.24) is 9.88 Å². The standard InChI is InChI=1S/C25H34N4O3/c1-3-4-5-18-32-22-9-6-20(7-10-22)23(30)11-13-25(31)27-21-8-12-24(26-19-21)29-16-14-28(2)15-17-29/h6-10,12,19H,3-5,11,13-18H2,1-2H3,(H,27,31). The number of aromatic nitrogens is 1. The Morgan fingerprint density at radius 1 is 1.00 bits per heavy atom. The van der Waals surface area contributed by atoms with E-state index in [0.29, 0.717) is 17.9 Å². The number of carbonyl (C=O) groups excluding carboxylic acids is 2. The highest BCUT2D eigenvalue weighted by atomic mass is 16.5. The summed E-state index contributed by atoms with van der Waals surface area (Å²) >= 11 is 0. The predicted octanol–water partition coefficient (Wildman–Crippen LogP) is 4.00. The topological polar surface area (TPSA) is 74.8 Å². The summed E-state index contributed by atoms with van der Waals surface area (Å²) in [5.41, 5.74) is 1.24. The number of pyridine rings is 1. The van der Waals surface area contributed by atoms with Crippen LogP contribution in [0.3, 0.4) is 0 Å². The van der Waals surface area contributed by atoms with Crippen molar-refractivity contribution in [2.24, 2.45) is 0 Å². The van der Waals surface area contributed by atoms with Crippen LogP contribution in [0.5, 0.6) is 5.75 Å². The maximum Gasteiger partial charge on any atom is 0.224 e. The summed E-state index contributed by atoms with van der Waals surface area (Å²) < 4.78 is 5.67. The van der Waals surface area contributed by atoms with Crippen LogP contribution >= 0.6 is 0 Å². The molecule has 0 unspecified atom stereocenters. The van der Waals surface area contributed by atoms with E-state index in [1.54, 1.807) is 18.3 Å². The normalized spacial score (nSPS) is 14.2. The lowest BCUT2D eigenvalue weighted by Gasteiger charge is -2.33. The molecule has 172 valence electrons. The number of likely N-dealkylation sites (N-methyl/N-ethyl adjacent to an activating group) is 1. The van der Waals surface area contributed by atoms with E-state index in [-0.39, 0.29) is 24.5 Å². The molecular formula is C25H34N4O3. The summed E-state index contributed by atoms with van der Waals surface area (Å²) in [6.45, 7) is 6.77. The number of ketones is 1. The second-order valence-corrected chi connectivity index (χ2v) is 8.25. The molecule has 0 radical (unpaired) electrons. The van der Waals surface area contributed by atoms with Gasteiger partial charge in [-0.15, -0.1) is 0 Å². The number of nitrogens with one attached hydrogen (secondary N) is 1. The SMILES string of the molecule is CCCCCOc1ccc(C(=O)CCC(=O)Nc2ccc(N3CCN(C)CC3)nc2)cc1. The fraction of sp³-hybridized carbons (Fsp3) is 0.480. The van der Waals surface area contributed by atoms with Crippen molar-refractivity contribution in [2.75, 3.05) is 50.1 Å². The fourth-order valence-electron chi connectivity index (χ4n) is 3.56. The lowest BCUT2D eigenvalue weighted by Crippen LogP contribution is -2.44. The molecule has 2 heterocycles. The number of ether oxygens (including phenoxy) is 1. The Hall–Kier alpha value is -2.93. The Morgan fingerprint density at radius 3 is 2.41 bits per heavy atom. The number of amides is 1. The Labute approximate surface area is 190 Å². The summed E-state index contributed by atoms with van der Waals surface area (Å²) in [6.07, 6.45) is 5.30. The van der Waals surface area contributed by atoms with Gasteiger partial charge in [0.1, 0.15) is 11.6 Å².